The van der Waals surface area contributed by atoms with Crippen LogP contribution in [0.1, 0.15) is 29.2 Å². The number of hydrogen-bond acceptors (Lipinski definition) is 5. The number of hydrogen-bond donors (Lipinski definition) is 2. The smallest absolute Gasteiger partial charge is 0.329 e. The first kappa shape index (κ1) is 26.1. The largest absolute Gasteiger partial charge is 0.490 e. The number of benzene rings is 3. The predicted molar refractivity (Wildman–Crippen MR) is 139 cm³/mol. The highest BCUT2D eigenvalue weighted by Gasteiger charge is 2.14. The van der Waals surface area contributed by atoms with Crippen LogP contribution in [-0.4, -0.2) is 24.6 Å². The maximum atomic E-state index is 12.1. The van der Waals surface area contributed by atoms with Crippen LogP contribution in [0.2, 0.25) is 10.0 Å². The van der Waals surface area contributed by atoms with Gasteiger partial charge in [-0.1, -0.05) is 35.3 Å². The normalized spacial score (nSPS) is 10.8. The minimum Gasteiger partial charge on any atom is -0.490 e. The van der Waals surface area contributed by atoms with Gasteiger partial charge >= 0.3 is 11.8 Å². The molecule has 182 valence electrons. The SMILES string of the molecule is CCOc1cc(/C=N/NC(=O)C(=O)Nc2cc(C)cc(C)c2)ccc1OCc1c(Cl)cccc1Cl. The van der Waals surface area contributed by atoms with Gasteiger partial charge in [-0.2, -0.15) is 5.10 Å². The Morgan fingerprint density at radius 1 is 0.914 bits per heavy atom. The molecular weight excluding hydrogens is 489 g/mol. The monoisotopic (exact) mass is 513 g/mol. The van der Waals surface area contributed by atoms with Crippen molar-refractivity contribution in [2.24, 2.45) is 5.10 Å². The van der Waals surface area contributed by atoms with Crippen LogP contribution >= 0.6 is 23.2 Å². The van der Waals surface area contributed by atoms with Gasteiger partial charge in [0.25, 0.3) is 0 Å². The fraction of sp³-hybridized carbons (Fsp3) is 0.192. The lowest BCUT2D eigenvalue weighted by Gasteiger charge is -2.14. The first-order valence-corrected chi connectivity index (χ1v) is 11.6. The molecule has 0 radical (unpaired) electrons. The number of ether oxygens (including phenoxy) is 2. The van der Waals surface area contributed by atoms with Crippen molar-refractivity contribution in [3.05, 3.63) is 86.9 Å². The Bertz CT molecular complexity index is 1220. The standard InChI is InChI=1S/C26H25Cl2N3O4/c1-4-34-24-13-18(8-9-23(24)35-15-20-21(27)6-5-7-22(20)28)14-29-31-26(33)25(32)30-19-11-16(2)10-17(3)12-19/h5-14H,4,15H2,1-3H3,(H,30,32)(H,31,33)/b29-14+. The van der Waals surface area contributed by atoms with Gasteiger partial charge in [0.2, 0.25) is 0 Å². The van der Waals surface area contributed by atoms with Crippen molar-refractivity contribution in [3.63, 3.8) is 0 Å². The van der Waals surface area contributed by atoms with E-state index in [1.165, 1.54) is 6.21 Å². The van der Waals surface area contributed by atoms with Crippen LogP contribution in [0.5, 0.6) is 11.5 Å². The second-order valence-electron chi connectivity index (χ2n) is 7.66. The molecule has 3 aromatic carbocycles. The summed E-state index contributed by atoms with van der Waals surface area (Å²) in [5, 5.41) is 7.45. The first-order chi connectivity index (χ1) is 16.8. The van der Waals surface area contributed by atoms with Crippen molar-refractivity contribution in [1.82, 2.24) is 5.43 Å². The number of halogens is 2. The van der Waals surface area contributed by atoms with E-state index in [1.807, 2.05) is 26.8 Å². The molecule has 0 aliphatic heterocycles. The van der Waals surface area contributed by atoms with Gasteiger partial charge in [-0.25, -0.2) is 5.43 Å². The van der Waals surface area contributed by atoms with Gasteiger partial charge in [0.05, 0.1) is 12.8 Å². The van der Waals surface area contributed by atoms with Crippen LogP contribution in [0, 0.1) is 13.8 Å². The molecule has 0 saturated heterocycles. The quantitative estimate of drug-likeness (QED) is 0.230. The zero-order chi connectivity index (χ0) is 25.4. The van der Waals surface area contributed by atoms with E-state index in [4.69, 9.17) is 32.7 Å². The molecule has 9 heteroatoms. The van der Waals surface area contributed by atoms with Gasteiger partial charge in [0.1, 0.15) is 6.61 Å². The Morgan fingerprint density at radius 2 is 1.60 bits per heavy atom. The van der Waals surface area contributed by atoms with Gasteiger partial charge in [-0.15, -0.1) is 0 Å². The summed E-state index contributed by atoms with van der Waals surface area (Å²) in [6.45, 7) is 6.25. The molecule has 0 aliphatic rings. The third-order valence-electron chi connectivity index (χ3n) is 4.77. The Hall–Kier alpha value is -3.55. The molecule has 0 aromatic heterocycles. The molecule has 35 heavy (non-hydrogen) atoms. The van der Waals surface area contributed by atoms with Gasteiger partial charge < -0.3 is 14.8 Å². The van der Waals surface area contributed by atoms with Crippen LogP contribution in [0.3, 0.4) is 0 Å². The highest BCUT2D eigenvalue weighted by Crippen LogP contribution is 2.31. The van der Waals surface area contributed by atoms with E-state index in [1.54, 1.807) is 48.5 Å². The lowest BCUT2D eigenvalue weighted by Crippen LogP contribution is -2.32. The van der Waals surface area contributed by atoms with E-state index >= 15 is 0 Å². The topological polar surface area (TPSA) is 89.0 Å². The number of nitrogens with one attached hydrogen (secondary N) is 2. The summed E-state index contributed by atoms with van der Waals surface area (Å²) in [5.74, 6) is -0.721. The van der Waals surface area contributed by atoms with Gasteiger partial charge in [0, 0.05) is 21.3 Å². The van der Waals surface area contributed by atoms with E-state index in [9.17, 15) is 9.59 Å². The summed E-state index contributed by atoms with van der Waals surface area (Å²) < 4.78 is 11.6. The maximum absolute atomic E-state index is 12.1. The van der Waals surface area contributed by atoms with E-state index in [0.29, 0.717) is 45.0 Å². The molecule has 0 spiro atoms. The Labute approximate surface area is 214 Å². The fourth-order valence-electron chi connectivity index (χ4n) is 3.26. The van der Waals surface area contributed by atoms with Crippen molar-refractivity contribution >= 4 is 46.9 Å². The summed E-state index contributed by atoms with van der Waals surface area (Å²) in [5.41, 5.74) is 6.02. The molecule has 0 saturated carbocycles. The number of hydrazone groups is 1. The fourth-order valence-corrected chi connectivity index (χ4v) is 3.77. The lowest BCUT2D eigenvalue weighted by atomic mass is 10.1. The van der Waals surface area contributed by atoms with Gasteiger partial charge in [-0.05, 0) is 79.9 Å². The number of nitrogens with zero attached hydrogens (tertiary/aromatic N) is 1. The van der Waals surface area contributed by atoms with Gasteiger partial charge in [0.15, 0.2) is 11.5 Å². The Balaban J connectivity index is 1.63. The summed E-state index contributed by atoms with van der Waals surface area (Å²) >= 11 is 12.4. The highest BCUT2D eigenvalue weighted by molar-refractivity contribution is 6.39. The predicted octanol–water partition coefficient (Wildman–Crippen LogP) is 5.68. The van der Waals surface area contributed by atoms with Crippen molar-refractivity contribution in [3.8, 4) is 11.5 Å². The van der Waals surface area contributed by atoms with Crippen LogP contribution in [0.4, 0.5) is 5.69 Å². The molecule has 0 aliphatic carbocycles. The molecule has 0 unspecified atom stereocenters. The first-order valence-electron chi connectivity index (χ1n) is 10.8. The molecule has 3 aromatic rings. The summed E-state index contributed by atoms with van der Waals surface area (Å²) in [6.07, 6.45) is 1.40. The highest BCUT2D eigenvalue weighted by atomic mass is 35.5. The average molecular weight is 514 g/mol. The van der Waals surface area contributed by atoms with Crippen LogP contribution < -0.4 is 20.2 Å². The number of anilines is 1. The molecule has 7 nitrogen and oxygen atoms in total. The van der Waals surface area contributed by atoms with Crippen molar-refractivity contribution < 1.29 is 19.1 Å². The van der Waals surface area contributed by atoms with E-state index < -0.39 is 11.8 Å². The van der Waals surface area contributed by atoms with Crippen LogP contribution in [0.15, 0.2) is 59.7 Å². The van der Waals surface area contributed by atoms with E-state index in [-0.39, 0.29) is 6.61 Å². The van der Waals surface area contributed by atoms with Crippen molar-refractivity contribution in [2.75, 3.05) is 11.9 Å². The van der Waals surface area contributed by atoms with E-state index in [2.05, 4.69) is 15.8 Å². The Kier molecular flexibility index (Phi) is 9.11. The minimum atomic E-state index is -0.887. The lowest BCUT2D eigenvalue weighted by molar-refractivity contribution is -0.136. The summed E-state index contributed by atoms with van der Waals surface area (Å²) in [7, 11) is 0. The molecule has 3 rings (SSSR count). The van der Waals surface area contributed by atoms with E-state index in [0.717, 1.165) is 11.1 Å². The number of carbonyl (C=O) groups is 2. The Morgan fingerprint density at radius 3 is 2.26 bits per heavy atom. The number of carbonyl (C=O) groups excluding carboxylic acids is 2. The number of aryl methyl sites for hydroxylation is 2. The second kappa shape index (κ2) is 12.2. The maximum Gasteiger partial charge on any atom is 0.329 e. The molecule has 0 bridgehead atoms. The van der Waals surface area contributed by atoms with Crippen molar-refractivity contribution in [1.29, 1.82) is 0 Å². The molecule has 2 amide bonds. The molecule has 0 atom stereocenters. The van der Waals surface area contributed by atoms with Crippen LogP contribution in [0.25, 0.3) is 0 Å². The number of amides is 2. The van der Waals surface area contributed by atoms with Crippen LogP contribution in [-0.2, 0) is 16.2 Å². The molecule has 0 fully saturated rings. The molecule has 0 heterocycles. The number of rotatable bonds is 8. The zero-order valence-corrected chi connectivity index (χ0v) is 21.0. The van der Waals surface area contributed by atoms with Crippen molar-refractivity contribution in [2.45, 2.75) is 27.4 Å². The average Bonchev–Trinajstić information content (AvgIpc) is 2.79. The molecular formula is C26H25Cl2N3O4. The molecule has 2 N–H and O–H groups in total. The summed E-state index contributed by atoms with van der Waals surface area (Å²) in [4.78, 5) is 24.2. The minimum absolute atomic E-state index is 0.164. The zero-order valence-electron chi connectivity index (χ0n) is 19.5. The third kappa shape index (κ3) is 7.47. The summed E-state index contributed by atoms with van der Waals surface area (Å²) in [6, 6.07) is 15.9. The third-order valence-corrected chi connectivity index (χ3v) is 5.48. The van der Waals surface area contributed by atoms with Gasteiger partial charge in [-0.3, -0.25) is 9.59 Å². The second-order valence-corrected chi connectivity index (χ2v) is 8.47.